The lowest BCUT2D eigenvalue weighted by Crippen LogP contribution is -2.48. The van der Waals surface area contributed by atoms with E-state index in [-0.39, 0.29) is 38.8 Å². The van der Waals surface area contributed by atoms with E-state index in [2.05, 4.69) is 30.6 Å². The first-order chi connectivity index (χ1) is 26.0. The predicted octanol–water partition coefficient (Wildman–Crippen LogP) is 4.01. The number of benzene rings is 2. The van der Waals surface area contributed by atoms with E-state index in [1.807, 2.05) is 62.4 Å². The molecule has 0 spiro atoms. The highest BCUT2D eigenvalue weighted by molar-refractivity contribution is 6.01. The van der Waals surface area contributed by atoms with Gasteiger partial charge < -0.3 is 24.8 Å². The summed E-state index contributed by atoms with van der Waals surface area (Å²) in [7, 11) is 1.43. The number of aromatic nitrogens is 6. The number of aliphatic hydroxyl groups is 1. The zero-order chi connectivity index (χ0) is 38.0. The molecule has 0 saturated carbocycles. The lowest BCUT2D eigenvalue weighted by Gasteiger charge is -2.30. The van der Waals surface area contributed by atoms with Crippen molar-refractivity contribution in [1.29, 1.82) is 0 Å². The van der Waals surface area contributed by atoms with Crippen molar-refractivity contribution >= 4 is 34.0 Å². The molecule has 1 unspecified atom stereocenters. The Balaban J connectivity index is 0.986. The third-order valence-corrected chi connectivity index (χ3v) is 9.35. The Morgan fingerprint density at radius 1 is 1.08 bits per heavy atom. The van der Waals surface area contributed by atoms with Gasteiger partial charge in [0.15, 0.2) is 11.4 Å². The van der Waals surface area contributed by atoms with Gasteiger partial charge in [-0.2, -0.15) is 10.2 Å². The number of carbonyl (C=O) groups excluding carboxylic acids is 2. The van der Waals surface area contributed by atoms with Crippen LogP contribution in [0.3, 0.4) is 0 Å². The lowest BCUT2D eigenvalue weighted by atomic mass is 9.98. The molecule has 3 aromatic heterocycles. The average molecular weight is 708 g/mol. The number of hydrogen-bond acceptors (Lipinski definition) is 10. The number of carbonyl (C=O) groups is 2. The van der Waals surface area contributed by atoms with Gasteiger partial charge in [-0.25, -0.2) is 9.97 Å². The molecule has 5 heterocycles. The van der Waals surface area contributed by atoms with Gasteiger partial charge in [0.2, 0.25) is 11.8 Å². The molecule has 2 aliphatic rings. The van der Waals surface area contributed by atoms with Crippen LogP contribution in [0.15, 0.2) is 73.2 Å². The Bertz CT molecular complexity index is 2170. The third kappa shape index (κ3) is 7.45. The molecule has 0 radical (unpaired) electrons. The molecule has 7 rings (SSSR count). The fraction of sp³-hybridized carbons (Fsp3) is 0.368. The molecule has 1 atom stereocenters. The topological polar surface area (TPSA) is 164 Å². The third-order valence-electron chi connectivity index (χ3n) is 9.35. The maximum absolute atomic E-state index is 13.8. The van der Waals surface area contributed by atoms with Gasteiger partial charge in [0, 0.05) is 67.8 Å². The number of amides is 2. The molecule has 52 heavy (non-hydrogen) atoms. The molecule has 270 valence electrons. The van der Waals surface area contributed by atoms with E-state index in [4.69, 9.17) is 17.3 Å². The maximum atomic E-state index is 13.8. The zero-order valence-corrected chi connectivity index (χ0v) is 29.4. The number of fused-ring (bicyclic) bond motifs is 1. The predicted molar refractivity (Wildman–Crippen MR) is 196 cm³/mol. The minimum absolute atomic E-state index is 0.000567. The SMILES string of the molecule is [2H]C([2H])(C(=O)N1CC=C(c2ccc(-c3ncn(CCO)n3)cc2)CC1)N1CCC(OC)(C(=O)Nc2ccc3[nH]nc(-c4ccc(OC(C)C)nc4)c3c2)C1. The second kappa shape index (κ2) is 15.0. The van der Waals surface area contributed by atoms with Gasteiger partial charge in [-0.1, -0.05) is 30.3 Å². The van der Waals surface area contributed by atoms with E-state index >= 15 is 0 Å². The first kappa shape index (κ1) is 32.5. The Kier molecular flexibility index (Phi) is 9.39. The Hall–Kier alpha value is -5.44. The van der Waals surface area contributed by atoms with E-state index in [0.717, 1.165) is 33.2 Å². The van der Waals surface area contributed by atoms with Crippen LogP contribution in [0.1, 0.15) is 35.0 Å². The van der Waals surface area contributed by atoms with Crippen LogP contribution in [0.5, 0.6) is 5.88 Å². The second-order valence-electron chi connectivity index (χ2n) is 13.2. The highest BCUT2D eigenvalue weighted by atomic mass is 16.5. The van der Waals surface area contributed by atoms with Crippen LogP contribution in [-0.4, -0.2) is 115 Å². The molecular weight excluding hydrogens is 662 g/mol. The largest absolute Gasteiger partial charge is 0.475 e. The van der Waals surface area contributed by atoms with Crippen LogP contribution in [0, 0.1) is 0 Å². The van der Waals surface area contributed by atoms with Crippen molar-refractivity contribution in [3.05, 3.63) is 78.8 Å². The number of likely N-dealkylation sites (tertiary alicyclic amines) is 1. The molecule has 2 aliphatic heterocycles. The molecule has 2 amide bonds. The van der Waals surface area contributed by atoms with Gasteiger partial charge in [-0.3, -0.25) is 24.3 Å². The molecule has 5 aromatic rings. The van der Waals surface area contributed by atoms with Crippen molar-refractivity contribution in [3.8, 4) is 28.5 Å². The summed E-state index contributed by atoms with van der Waals surface area (Å²) in [5.41, 5.74) is 4.29. The summed E-state index contributed by atoms with van der Waals surface area (Å²) < 4.78 is 30.8. The van der Waals surface area contributed by atoms with Crippen LogP contribution >= 0.6 is 0 Å². The Morgan fingerprint density at radius 2 is 1.88 bits per heavy atom. The summed E-state index contributed by atoms with van der Waals surface area (Å²) in [6, 6.07) is 16.9. The monoisotopic (exact) mass is 707 g/mol. The van der Waals surface area contributed by atoms with Crippen LogP contribution < -0.4 is 10.1 Å². The number of rotatable bonds is 12. The van der Waals surface area contributed by atoms with Gasteiger partial charge >= 0.3 is 0 Å². The van der Waals surface area contributed by atoms with Crippen molar-refractivity contribution in [1.82, 2.24) is 39.7 Å². The summed E-state index contributed by atoms with van der Waals surface area (Å²) in [4.78, 5) is 39.1. The minimum Gasteiger partial charge on any atom is -0.475 e. The van der Waals surface area contributed by atoms with Gasteiger partial charge in [-0.15, -0.1) is 0 Å². The number of aromatic amines is 1. The van der Waals surface area contributed by atoms with Crippen molar-refractivity contribution in [2.45, 2.75) is 44.9 Å². The van der Waals surface area contributed by atoms with Crippen LogP contribution in [-0.2, 0) is 20.9 Å². The quantitative estimate of drug-likeness (QED) is 0.173. The Morgan fingerprint density at radius 3 is 2.60 bits per heavy atom. The number of aliphatic hydroxyl groups excluding tert-OH is 1. The number of nitrogens with zero attached hydrogens (tertiary/aromatic N) is 7. The molecule has 0 aliphatic carbocycles. The lowest BCUT2D eigenvalue weighted by molar-refractivity contribution is -0.138. The number of pyridine rings is 1. The highest BCUT2D eigenvalue weighted by Crippen LogP contribution is 2.32. The summed E-state index contributed by atoms with van der Waals surface area (Å²) in [6.07, 6.45) is 5.99. The van der Waals surface area contributed by atoms with Crippen LogP contribution in [0.2, 0.25) is 0 Å². The molecule has 3 N–H and O–H groups in total. The Labute approximate surface area is 304 Å². The number of ether oxygens (including phenoxy) is 2. The fourth-order valence-corrected chi connectivity index (χ4v) is 6.50. The molecule has 0 bridgehead atoms. The number of H-pyrrole nitrogens is 1. The summed E-state index contributed by atoms with van der Waals surface area (Å²) in [5, 5.41) is 24.7. The molecule has 1 saturated heterocycles. The van der Waals surface area contributed by atoms with Crippen molar-refractivity contribution in [2.24, 2.45) is 0 Å². The first-order valence-corrected chi connectivity index (χ1v) is 17.3. The highest BCUT2D eigenvalue weighted by Gasteiger charge is 2.45. The van der Waals surface area contributed by atoms with E-state index in [0.29, 0.717) is 42.6 Å². The van der Waals surface area contributed by atoms with E-state index in [1.54, 1.807) is 29.3 Å². The fourth-order valence-electron chi connectivity index (χ4n) is 6.50. The second-order valence-corrected chi connectivity index (χ2v) is 13.2. The molecule has 14 heteroatoms. The van der Waals surface area contributed by atoms with Crippen molar-refractivity contribution in [3.63, 3.8) is 0 Å². The minimum atomic E-state index is -2.35. The van der Waals surface area contributed by atoms with Gasteiger partial charge in [0.05, 0.1) is 34.0 Å². The van der Waals surface area contributed by atoms with Gasteiger partial charge in [-0.05, 0) is 62.1 Å². The summed E-state index contributed by atoms with van der Waals surface area (Å²) in [6.45, 7) is 2.55. The summed E-state index contributed by atoms with van der Waals surface area (Å²) in [5.74, 6) is 0.00807. The smallest absolute Gasteiger partial charge is 0.258 e. The standard InChI is InChI=1S/C38H43N9O5/c1-25(2)52-33-11-8-29(21-39-33)35-31-20-30(9-10-32(31)42-43-35)41-37(50)38(51-3)14-17-45(23-38)22-34(49)46-15-12-27(13-16-46)26-4-6-28(7-5-26)36-40-24-47(44-36)18-19-48/h4-12,20-21,24-25,48H,13-19,22-23H2,1-3H3,(H,41,50)(H,42,43)/i22D2. The molecular formula is C38H43N9O5. The van der Waals surface area contributed by atoms with Crippen molar-refractivity contribution < 1.29 is 26.9 Å². The average Bonchev–Trinajstić information content (AvgIpc) is 3.95. The van der Waals surface area contributed by atoms with E-state index in [1.165, 1.54) is 16.9 Å². The number of hydrogen-bond donors (Lipinski definition) is 3. The van der Waals surface area contributed by atoms with Crippen LogP contribution in [0.25, 0.3) is 39.1 Å². The van der Waals surface area contributed by atoms with Gasteiger partial charge in [0.25, 0.3) is 5.91 Å². The number of nitrogens with one attached hydrogen (secondary N) is 2. The van der Waals surface area contributed by atoms with Crippen molar-refractivity contribution in [2.75, 3.05) is 51.7 Å². The summed E-state index contributed by atoms with van der Waals surface area (Å²) >= 11 is 0. The molecule has 14 nitrogen and oxygen atoms in total. The first-order valence-electron chi connectivity index (χ1n) is 18.3. The molecule has 1 fully saturated rings. The van der Waals surface area contributed by atoms with Gasteiger partial charge in [0.1, 0.15) is 12.0 Å². The van der Waals surface area contributed by atoms with Crippen LogP contribution in [0.4, 0.5) is 5.69 Å². The molecule has 2 aromatic carbocycles. The maximum Gasteiger partial charge on any atom is 0.258 e. The number of anilines is 1. The zero-order valence-electron chi connectivity index (χ0n) is 31.4. The number of methoxy groups -OCH3 is 1. The van der Waals surface area contributed by atoms with E-state index < -0.39 is 23.9 Å². The normalized spacial score (nSPS) is 18.7. The van der Waals surface area contributed by atoms with E-state index in [9.17, 15) is 9.59 Å².